The van der Waals surface area contributed by atoms with E-state index in [4.69, 9.17) is 16.3 Å². The van der Waals surface area contributed by atoms with Gasteiger partial charge in [-0.1, -0.05) is 23.7 Å². The number of methoxy groups -OCH3 is 1. The Morgan fingerprint density at radius 1 is 1.45 bits per heavy atom. The Kier molecular flexibility index (Phi) is 5.31. The second kappa shape index (κ2) is 6.99. The predicted molar refractivity (Wildman–Crippen MR) is 78.9 cm³/mol. The van der Waals surface area contributed by atoms with Gasteiger partial charge in [0.25, 0.3) is 0 Å². The molecule has 1 aliphatic heterocycles. The molecule has 1 fully saturated rings. The van der Waals surface area contributed by atoms with Gasteiger partial charge in [0.1, 0.15) is 0 Å². The van der Waals surface area contributed by atoms with E-state index in [2.05, 4.69) is 0 Å². The molecule has 1 aliphatic rings. The van der Waals surface area contributed by atoms with Crippen LogP contribution in [-0.4, -0.2) is 42.7 Å². The fourth-order valence-electron chi connectivity index (χ4n) is 2.14. The minimum atomic E-state index is -0.237. The van der Waals surface area contributed by atoms with Crippen LogP contribution in [0.25, 0.3) is 0 Å². The van der Waals surface area contributed by atoms with E-state index in [0.29, 0.717) is 30.3 Å². The molecule has 0 aliphatic carbocycles. The molecule has 1 saturated heterocycles. The Labute approximate surface area is 127 Å². The van der Waals surface area contributed by atoms with Gasteiger partial charge in [-0.05, 0) is 18.6 Å². The van der Waals surface area contributed by atoms with Crippen LogP contribution in [0.15, 0.2) is 29.2 Å². The predicted octanol–water partition coefficient (Wildman–Crippen LogP) is 2.45. The number of hydrogen-bond donors (Lipinski definition) is 0. The highest BCUT2D eigenvalue weighted by atomic mass is 35.5. The number of benzene rings is 1. The molecule has 0 saturated carbocycles. The lowest BCUT2D eigenvalue weighted by Gasteiger charge is -2.16. The summed E-state index contributed by atoms with van der Waals surface area (Å²) in [7, 11) is 1.38. The Morgan fingerprint density at radius 2 is 2.20 bits per heavy atom. The maximum absolute atomic E-state index is 12.1. The van der Waals surface area contributed by atoms with Crippen molar-refractivity contribution in [2.45, 2.75) is 11.3 Å². The van der Waals surface area contributed by atoms with Gasteiger partial charge in [-0.3, -0.25) is 9.59 Å². The van der Waals surface area contributed by atoms with E-state index in [-0.39, 0.29) is 17.8 Å². The summed E-state index contributed by atoms with van der Waals surface area (Å²) in [6, 6.07) is 7.44. The topological polar surface area (TPSA) is 46.6 Å². The third-order valence-corrected chi connectivity index (χ3v) is 4.76. The van der Waals surface area contributed by atoms with Crippen LogP contribution in [-0.2, 0) is 14.3 Å². The number of thioether (sulfide) groups is 1. The zero-order valence-corrected chi connectivity index (χ0v) is 12.7. The largest absolute Gasteiger partial charge is 0.469 e. The van der Waals surface area contributed by atoms with Crippen LogP contribution in [0.2, 0.25) is 5.02 Å². The number of hydrogen-bond acceptors (Lipinski definition) is 4. The molecule has 1 aromatic rings. The zero-order valence-electron chi connectivity index (χ0n) is 11.2. The van der Waals surface area contributed by atoms with Crippen molar-refractivity contribution in [2.75, 3.05) is 26.0 Å². The summed E-state index contributed by atoms with van der Waals surface area (Å²) in [5, 5.41) is 0.652. The summed E-state index contributed by atoms with van der Waals surface area (Å²) in [4.78, 5) is 26.1. The average Bonchev–Trinajstić information content (AvgIpc) is 2.95. The molecule has 1 aromatic carbocycles. The lowest BCUT2D eigenvalue weighted by molar-refractivity contribution is -0.145. The van der Waals surface area contributed by atoms with Gasteiger partial charge in [-0.25, -0.2) is 0 Å². The first-order chi connectivity index (χ1) is 9.61. The first-order valence-electron chi connectivity index (χ1n) is 6.34. The Hall–Kier alpha value is -1.20. The number of esters is 1. The van der Waals surface area contributed by atoms with Crippen LogP contribution in [0.4, 0.5) is 0 Å². The quantitative estimate of drug-likeness (QED) is 0.633. The molecule has 4 nitrogen and oxygen atoms in total. The second-order valence-corrected chi connectivity index (χ2v) is 5.99. The number of rotatable bonds is 4. The number of nitrogens with zero attached hydrogens (tertiary/aromatic N) is 1. The molecular weight excluding hydrogens is 298 g/mol. The molecule has 1 atom stereocenters. The van der Waals surface area contributed by atoms with Crippen molar-refractivity contribution in [1.29, 1.82) is 0 Å². The van der Waals surface area contributed by atoms with Crippen LogP contribution in [0.5, 0.6) is 0 Å². The molecule has 0 bridgehead atoms. The van der Waals surface area contributed by atoms with E-state index in [1.165, 1.54) is 18.9 Å². The summed E-state index contributed by atoms with van der Waals surface area (Å²) in [5.74, 6) is -0.0629. The molecule has 2 rings (SSSR count). The van der Waals surface area contributed by atoms with Crippen LogP contribution < -0.4 is 0 Å². The molecular formula is C14H16ClNO3S. The highest BCUT2D eigenvalue weighted by Crippen LogP contribution is 2.27. The Balaban J connectivity index is 1.85. The summed E-state index contributed by atoms with van der Waals surface area (Å²) in [6.45, 7) is 1.07. The van der Waals surface area contributed by atoms with E-state index in [0.717, 1.165) is 4.90 Å². The average molecular weight is 314 g/mol. The van der Waals surface area contributed by atoms with Gasteiger partial charge >= 0.3 is 5.97 Å². The van der Waals surface area contributed by atoms with Gasteiger partial charge in [0.15, 0.2) is 0 Å². The molecule has 20 heavy (non-hydrogen) atoms. The van der Waals surface area contributed by atoms with Gasteiger partial charge in [0, 0.05) is 18.0 Å². The standard InChI is InChI=1S/C14H16ClNO3S/c1-19-14(18)10-6-7-16(8-10)13(17)9-20-12-5-3-2-4-11(12)15/h2-5,10H,6-9H2,1H3. The van der Waals surface area contributed by atoms with Crippen LogP contribution in [0.1, 0.15) is 6.42 Å². The van der Waals surface area contributed by atoms with E-state index in [1.54, 1.807) is 11.0 Å². The highest BCUT2D eigenvalue weighted by molar-refractivity contribution is 8.00. The van der Waals surface area contributed by atoms with Gasteiger partial charge in [0.2, 0.25) is 5.91 Å². The van der Waals surface area contributed by atoms with E-state index < -0.39 is 0 Å². The third-order valence-electron chi connectivity index (χ3n) is 3.26. The summed E-state index contributed by atoms with van der Waals surface area (Å²) >= 11 is 7.46. The monoisotopic (exact) mass is 313 g/mol. The highest BCUT2D eigenvalue weighted by Gasteiger charge is 2.31. The third kappa shape index (κ3) is 3.67. The van der Waals surface area contributed by atoms with Crippen molar-refractivity contribution in [2.24, 2.45) is 5.92 Å². The van der Waals surface area contributed by atoms with Crippen molar-refractivity contribution in [3.05, 3.63) is 29.3 Å². The fraction of sp³-hybridized carbons (Fsp3) is 0.429. The van der Waals surface area contributed by atoms with Gasteiger partial charge in [-0.15, -0.1) is 11.8 Å². The normalized spacial score (nSPS) is 18.1. The SMILES string of the molecule is COC(=O)C1CCN(C(=O)CSc2ccccc2Cl)C1. The minimum absolute atomic E-state index is 0.0290. The number of likely N-dealkylation sites (tertiary alicyclic amines) is 1. The molecule has 1 unspecified atom stereocenters. The Bertz CT molecular complexity index is 509. The zero-order chi connectivity index (χ0) is 14.5. The lowest BCUT2D eigenvalue weighted by atomic mass is 10.1. The number of carbonyl (C=O) groups is 2. The van der Waals surface area contributed by atoms with Crippen LogP contribution in [0, 0.1) is 5.92 Å². The van der Waals surface area contributed by atoms with Crippen LogP contribution in [0.3, 0.4) is 0 Å². The van der Waals surface area contributed by atoms with Crippen LogP contribution >= 0.6 is 23.4 Å². The molecule has 0 radical (unpaired) electrons. The maximum atomic E-state index is 12.1. The molecule has 0 spiro atoms. The number of carbonyl (C=O) groups excluding carboxylic acids is 2. The van der Waals surface area contributed by atoms with Crippen molar-refractivity contribution in [1.82, 2.24) is 4.90 Å². The van der Waals surface area contributed by atoms with Crippen molar-refractivity contribution in [3.8, 4) is 0 Å². The number of amides is 1. The molecule has 108 valence electrons. The van der Waals surface area contributed by atoms with Gasteiger partial charge in [-0.2, -0.15) is 0 Å². The number of ether oxygens (including phenoxy) is 1. The molecule has 1 heterocycles. The fourth-order valence-corrected chi connectivity index (χ4v) is 3.28. The first kappa shape index (κ1) is 15.2. The lowest BCUT2D eigenvalue weighted by Crippen LogP contribution is -2.31. The Morgan fingerprint density at radius 3 is 2.90 bits per heavy atom. The summed E-state index contributed by atoms with van der Waals surface area (Å²) < 4.78 is 4.71. The summed E-state index contributed by atoms with van der Waals surface area (Å²) in [5.41, 5.74) is 0. The summed E-state index contributed by atoms with van der Waals surface area (Å²) in [6.07, 6.45) is 0.676. The molecule has 0 N–H and O–H groups in total. The van der Waals surface area contributed by atoms with Crippen molar-refractivity contribution in [3.63, 3.8) is 0 Å². The number of halogens is 1. The first-order valence-corrected chi connectivity index (χ1v) is 7.71. The second-order valence-electron chi connectivity index (χ2n) is 4.57. The minimum Gasteiger partial charge on any atom is -0.469 e. The van der Waals surface area contributed by atoms with Gasteiger partial charge < -0.3 is 9.64 Å². The van der Waals surface area contributed by atoms with E-state index >= 15 is 0 Å². The maximum Gasteiger partial charge on any atom is 0.310 e. The van der Waals surface area contributed by atoms with Crippen molar-refractivity contribution >= 4 is 35.2 Å². The molecule has 1 amide bonds. The van der Waals surface area contributed by atoms with Crippen molar-refractivity contribution < 1.29 is 14.3 Å². The van der Waals surface area contributed by atoms with E-state index in [9.17, 15) is 9.59 Å². The smallest absolute Gasteiger partial charge is 0.310 e. The van der Waals surface area contributed by atoms with Gasteiger partial charge in [0.05, 0.1) is 23.8 Å². The molecule has 0 aromatic heterocycles. The van der Waals surface area contributed by atoms with E-state index in [1.807, 2.05) is 18.2 Å². The molecule has 6 heteroatoms.